The summed E-state index contributed by atoms with van der Waals surface area (Å²) in [6, 6.07) is 4.96. The third kappa shape index (κ3) is 7.61. The van der Waals surface area contributed by atoms with E-state index in [-0.39, 0.29) is 49.7 Å². The van der Waals surface area contributed by atoms with E-state index in [1.807, 2.05) is 39.0 Å². The van der Waals surface area contributed by atoms with E-state index in [0.29, 0.717) is 36.7 Å². The van der Waals surface area contributed by atoms with Crippen LogP contribution in [0, 0.1) is 17.8 Å². The Morgan fingerprint density at radius 1 is 1.12 bits per heavy atom. The molecule has 6 unspecified atom stereocenters. The Morgan fingerprint density at radius 3 is 2.53 bits per heavy atom. The maximum absolute atomic E-state index is 12.5. The van der Waals surface area contributed by atoms with Crippen LogP contribution in [-0.4, -0.2) is 79.8 Å². The molecule has 49 heavy (non-hydrogen) atoms. The van der Waals surface area contributed by atoms with Gasteiger partial charge in [0.25, 0.3) is 0 Å². The molecule has 3 N–H and O–H groups in total. The lowest BCUT2D eigenvalue weighted by Gasteiger charge is -2.58. The summed E-state index contributed by atoms with van der Waals surface area (Å²) in [7, 11) is 0. The van der Waals surface area contributed by atoms with Gasteiger partial charge >= 0.3 is 5.97 Å². The largest absolute Gasteiger partial charge is 0.490 e. The van der Waals surface area contributed by atoms with E-state index in [1.165, 1.54) is 10.9 Å². The van der Waals surface area contributed by atoms with E-state index in [1.54, 1.807) is 12.2 Å². The van der Waals surface area contributed by atoms with Gasteiger partial charge in [-0.05, 0) is 82.1 Å². The number of carbonyl (C=O) groups is 1. The van der Waals surface area contributed by atoms with Crippen LogP contribution < -0.4 is 9.47 Å². The SMILES string of the molecule is C=CCOc1ccc2c(c1)C1C(CCCCO)C(CCCCO)C=C3C(=NOC(C)(C)C)CC(n4nncc4C(=O)O)C(OCC=C)(O2)C31. The number of allylic oxidation sites excluding steroid dienone is 1. The summed E-state index contributed by atoms with van der Waals surface area (Å²) in [5, 5.41) is 42.7. The zero-order chi connectivity index (χ0) is 35.2. The second-order valence-corrected chi connectivity index (χ2v) is 13.9. The lowest BCUT2D eigenvalue weighted by atomic mass is 9.55. The number of ether oxygens (including phenoxy) is 3. The molecule has 5 rings (SSSR count). The molecule has 266 valence electrons. The zero-order valence-corrected chi connectivity index (χ0v) is 28.8. The van der Waals surface area contributed by atoms with Crippen molar-refractivity contribution >= 4 is 11.7 Å². The van der Waals surface area contributed by atoms with Crippen molar-refractivity contribution in [2.75, 3.05) is 26.4 Å². The molecule has 3 aliphatic rings. The van der Waals surface area contributed by atoms with Crippen molar-refractivity contribution in [2.24, 2.45) is 22.9 Å². The molecule has 2 aliphatic carbocycles. The highest BCUT2D eigenvalue weighted by Crippen LogP contribution is 2.63. The van der Waals surface area contributed by atoms with Crippen molar-refractivity contribution < 1.29 is 39.2 Å². The first-order valence-electron chi connectivity index (χ1n) is 17.2. The summed E-state index contributed by atoms with van der Waals surface area (Å²) in [5.74, 6) is -1.85. The number of aromatic carboxylic acids is 1. The number of aliphatic hydroxyl groups is 2. The number of oxime groups is 1. The molecule has 0 saturated heterocycles. The molecule has 1 aromatic heterocycles. The van der Waals surface area contributed by atoms with Crippen LogP contribution in [-0.2, 0) is 9.57 Å². The van der Waals surface area contributed by atoms with E-state index >= 15 is 0 Å². The van der Waals surface area contributed by atoms with E-state index in [2.05, 4.69) is 29.5 Å². The predicted molar refractivity (Wildman–Crippen MR) is 184 cm³/mol. The molecular weight excluding hydrogens is 628 g/mol. The van der Waals surface area contributed by atoms with Crippen molar-refractivity contribution in [3.8, 4) is 11.5 Å². The summed E-state index contributed by atoms with van der Waals surface area (Å²) in [6.07, 6.45) is 11.7. The molecule has 12 heteroatoms. The standard InChI is InChI=1S/C37H50N4O8/c1-6-18-46-25-14-15-31-28(21-25)33-26(13-9-11-17-43)24(12-8-10-16-42)20-27-29(39-49-36(3,4)5)22-32(41-30(35(44)45)23-38-40-41)37(48-31,34(27)33)47-19-7-2/h6-7,14-15,20-21,23-24,26,32-34,42-43H,1-2,8-13,16-19,22H2,3-5H3,(H,44,45). The van der Waals surface area contributed by atoms with Gasteiger partial charge in [0.15, 0.2) is 5.69 Å². The van der Waals surface area contributed by atoms with Gasteiger partial charge in [0.2, 0.25) is 5.79 Å². The van der Waals surface area contributed by atoms with E-state index in [0.717, 1.165) is 36.8 Å². The van der Waals surface area contributed by atoms with Crippen LogP contribution >= 0.6 is 0 Å². The van der Waals surface area contributed by atoms with Gasteiger partial charge in [-0.3, -0.25) is 0 Å². The van der Waals surface area contributed by atoms with Crippen molar-refractivity contribution in [3.05, 3.63) is 72.6 Å². The Labute approximate surface area is 288 Å². The van der Waals surface area contributed by atoms with Crippen molar-refractivity contribution in [3.63, 3.8) is 0 Å². The van der Waals surface area contributed by atoms with Gasteiger partial charge in [0.05, 0.1) is 24.4 Å². The molecule has 12 nitrogen and oxygen atoms in total. The highest BCUT2D eigenvalue weighted by molar-refractivity contribution is 6.02. The number of hydrogen-bond acceptors (Lipinski definition) is 10. The zero-order valence-electron chi connectivity index (χ0n) is 28.8. The normalized spacial score (nSPS) is 26.6. The molecular formula is C37H50N4O8. The topological polar surface area (TPSA) is 158 Å². The summed E-state index contributed by atoms with van der Waals surface area (Å²) in [6.45, 7) is 14.2. The lowest BCUT2D eigenvalue weighted by molar-refractivity contribution is -0.252. The molecule has 1 saturated carbocycles. The number of nitrogens with zero attached hydrogens (tertiary/aromatic N) is 4. The summed E-state index contributed by atoms with van der Waals surface area (Å²) in [4.78, 5) is 18.6. The van der Waals surface area contributed by atoms with Crippen molar-refractivity contribution in [1.82, 2.24) is 15.0 Å². The Hall–Kier alpha value is -4.00. The van der Waals surface area contributed by atoms with Crippen LogP contribution in [0.4, 0.5) is 0 Å². The van der Waals surface area contributed by atoms with Crippen molar-refractivity contribution in [2.45, 2.75) is 89.1 Å². The number of aromatic nitrogens is 3. The van der Waals surface area contributed by atoms with Gasteiger partial charge in [-0.1, -0.05) is 48.0 Å². The van der Waals surface area contributed by atoms with E-state index in [9.17, 15) is 20.1 Å². The third-order valence-corrected chi connectivity index (χ3v) is 9.53. The first kappa shape index (κ1) is 36.3. The summed E-state index contributed by atoms with van der Waals surface area (Å²) in [5.41, 5.74) is 1.83. The van der Waals surface area contributed by atoms with E-state index < -0.39 is 29.3 Å². The predicted octanol–water partition coefficient (Wildman–Crippen LogP) is 5.85. The first-order chi connectivity index (χ1) is 23.6. The number of aliphatic hydroxyl groups excluding tert-OH is 2. The van der Waals surface area contributed by atoms with Gasteiger partial charge < -0.3 is 34.4 Å². The minimum absolute atomic E-state index is 0.0706. The van der Waals surface area contributed by atoms with Crippen LogP contribution in [0.5, 0.6) is 11.5 Å². The summed E-state index contributed by atoms with van der Waals surface area (Å²) < 4.78 is 21.3. The fourth-order valence-electron chi connectivity index (χ4n) is 7.64. The molecule has 0 bridgehead atoms. The Bertz CT molecular complexity index is 1540. The number of fused-ring (bicyclic) bond motifs is 2. The monoisotopic (exact) mass is 678 g/mol. The molecule has 1 fully saturated rings. The second-order valence-electron chi connectivity index (χ2n) is 13.9. The number of carboxylic acids is 1. The van der Waals surface area contributed by atoms with Crippen LogP contribution in [0.1, 0.15) is 93.7 Å². The average molecular weight is 679 g/mol. The minimum atomic E-state index is -1.44. The fourth-order valence-corrected chi connectivity index (χ4v) is 7.64. The molecule has 0 radical (unpaired) electrons. The van der Waals surface area contributed by atoms with Gasteiger partial charge in [-0.2, -0.15) is 0 Å². The quantitative estimate of drug-likeness (QED) is 0.105. The lowest BCUT2D eigenvalue weighted by Crippen LogP contribution is -2.63. The second kappa shape index (κ2) is 15.7. The van der Waals surface area contributed by atoms with E-state index in [4.69, 9.17) is 24.2 Å². The third-order valence-electron chi connectivity index (χ3n) is 9.53. The molecule has 0 spiro atoms. The smallest absolute Gasteiger partial charge is 0.355 e. The fraction of sp³-hybridized carbons (Fsp3) is 0.568. The number of carboxylic acid groups (broad SMARTS) is 1. The number of benzene rings is 1. The first-order valence-corrected chi connectivity index (χ1v) is 17.2. The van der Waals surface area contributed by atoms with Gasteiger partial charge in [-0.15, -0.1) is 11.7 Å². The Kier molecular flexibility index (Phi) is 11.6. The number of hydrogen-bond donors (Lipinski definition) is 3. The maximum atomic E-state index is 12.5. The highest BCUT2D eigenvalue weighted by atomic mass is 16.7. The van der Waals surface area contributed by atoms with Crippen LogP contribution in [0.2, 0.25) is 0 Å². The van der Waals surface area contributed by atoms with Gasteiger partial charge in [-0.25, -0.2) is 9.48 Å². The number of rotatable bonds is 17. The molecule has 1 aliphatic heterocycles. The van der Waals surface area contributed by atoms with Crippen LogP contribution in [0.3, 0.4) is 0 Å². The molecule has 2 heterocycles. The van der Waals surface area contributed by atoms with Crippen molar-refractivity contribution in [1.29, 1.82) is 0 Å². The molecule has 6 atom stereocenters. The van der Waals surface area contributed by atoms with Gasteiger partial charge in [0.1, 0.15) is 29.7 Å². The van der Waals surface area contributed by atoms with Gasteiger partial charge in [0, 0.05) is 31.1 Å². The highest BCUT2D eigenvalue weighted by Gasteiger charge is 2.65. The Morgan fingerprint density at radius 2 is 1.86 bits per heavy atom. The summed E-state index contributed by atoms with van der Waals surface area (Å²) >= 11 is 0. The molecule has 2 aromatic rings. The van der Waals surface area contributed by atoms with Crippen LogP contribution in [0.15, 0.2) is 66.5 Å². The molecule has 1 aromatic carbocycles. The Balaban J connectivity index is 1.81. The maximum Gasteiger partial charge on any atom is 0.355 e. The number of unbranched alkanes of at least 4 members (excludes halogenated alkanes) is 2. The van der Waals surface area contributed by atoms with Crippen LogP contribution in [0.25, 0.3) is 0 Å². The average Bonchev–Trinajstić information content (AvgIpc) is 3.57. The molecule has 0 amide bonds. The minimum Gasteiger partial charge on any atom is -0.490 e.